The number of hydrogen-bond donors (Lipinski definition) is 6. The minimum Gasteiger partial charge on any atom is -0.547 e. The van der Waals surface area contributed by atoms with Crippen molar-refractivity contribution < 1.29 is 54.8 Å². The second-order valence-electron chi connectivity index (χ2n) is 5.53. The second-order valence-corrected chi connectivity index (χ2v) is 5.53. The standard InChI is InChI=1S/C12H20O11/c1-2-3(13)4(14)7(17)12(21-2)23-8-5(15)6(16)11(20)22-9(8)10(18)19/h2-9,11-17,20H,1H3,(H,18,19)/p-1/t2-,3-,4+,5+,6+,7+,8+,9-,11-,12-/m0/s1. The van der Waals surface area contributed by atoms with Gasteiger partial charge in [-0.2, -0.15) is 0 Å². The van der Waals surface area contributed by atoms with Crippen LogP contribution in [0.25, 0.3) is 0 Å². The third-order valence-corrected chi connectivity index (χ3v) is 3.90. The van der Waals surface area contributed by atoms with Crippen LogP contribution in [0.1, 0.15) is 6.92 Å². The Balaban J connectivity index is 2.16. The van der Waals surface area contributed by atoms with E-state index in [4.69, 9.17) is 9.47 Å². The molecule has 0 aromatic rings. The van der Waals surface area contributed by atoms with Crippen LogP contribution in [-0.4, -0.2) is 98.0 Å². The van der Waals surface area contributed by atoms with Crippen molar-refractivity contribution >= 4 is 5.97 Å². The number of carbonyl (C=O) groups excluding carboxylic acids is 1. The molecule has 2 aliphatic rings. The van der Waals surface area contributed by atoms with E-state index in [0.717, 1.165) is 0 Å². The molecule has 0 aliphatic carbocycles. The van der Waals surface area contributed by atoms with E-state index in [-0.39, 0.29) is 0 Å². The lowest BCUT2D eigenvalue weighted by molar-refractivity contribution is -0.370. The van der Waals surface area contributed by atoms with Crippen molar-refractivity contribution in [3.63, 3.8) is 0 Å². The molecule has 2 saturated heterocycles. The molecule has 0 spiro atoms. The van der Waals surface area contributed by atoms with Crippen molar-refractivity contribution in [3.05, 3.63) is 0 Å². The molecule has 2 rings (SSSR count). The number of aliphatic hydroxyl groups is 6. The quantitative estimate of drug-likeness (QED) is 0.287. The number of ether oxygens (including phenoxy) is 3. The predicted octanol–water partition coefficient (Wildman–Crippen LogP) is -5.61. The van der Waals surface area contributed by atoms with E-state index in [9.17, 15) is 40.5 Å². The van der Waals surface area contributed by atoms with Crippen LogP contribution in [0.15, 0.2) is 0 Å². The Hall–Kier alpha value is -0.890. The molecular formula is C12H19O11-. The summed E-state index contributed by atoms with van der Waals surface area (Å²) in [7, 11) is 0. The van der Waals surface area contributed by atoms with E-state index in [1.165, 1.54) is 6.92 Å². The van der Waals surface area contributed by atoms with Crippen LogP contribution in [0.5, 0.6) is 0 Å². The number of aliphatic carboxylic acids is 1. The average molecular weight is 339 g/mol. The summed E-state index contributed by atoms with van der Waals surface area (Å²) in [5, 5.41) is 68.9. The van der Waals surface area contributed by atoms with E-state index < -0.39 is 67.4 Å². The topological polar surface area (TPSA) is 189 Å². The molecule has 0 radical (unpaired) electrons. The summed E-state index contributed by atoms with van der Waals surface area (Å²) < 4.78 is 14.8. The monoisotopic (exact) mass is 339 g/mol. The van der Waals surface area contributed by atoms with Crippen molar-refractivity contribution in [1.82, 2.24) is 0 Å². The zero-order chi connectivity index (χ0) is 17.5. The molecule has 0 saturated carbocycles. The normalized spacial score (nSPS) is 51.4. The lowest BCUT2D eigenvalue weighted by Crippen LogP contribution is -2.65. The first-order chi connectivity index (χ1) is 10.6. The highest BCUT2D eigenvalue weighted by Gasteiger charge is 2.50. The first-order valence-electron chi connectivity index (χ1n) is 6.90. The summed E-state index contributed by atoms with van der Waals surface area (Å²) in [5.41, 5.74) is 0. The summed E-state index contributed by atoms with van der Waals surface area (Å²) in [6.45, 7) is 1.37. The van der Waals surface area contributed by atoms with Gasteiger partial charge in [-0.15, -0.1) is 0 Å². The number of aliphatic hydroxyl groups excluding tert-OH is 6. The smallest absolute Gasteiger partial charge is 0.187 e. The Bertz CT molecular complexity index is 431. The summed E-state index contributed by atoms with van der Waals surface area (Å²) in [6.07, 6.45) is -16.8. The van der Waals surface area contributed by atoms with Crippen LogP contribution in [0.2, 0.25) is 0 Å². The van der Waals surface area contributed by atoms with Crippen molar-refractivity contribution in [2.45, 2.75) is 68.3 Å². The van der Waals surface area contributed by atoms with Crippen LogP contribution >= 0.6 is 0 Å². The van der Waals surface area contributed by atoms with E-state index in [1.54, 1.807) is 0 Å². The molecule has 2 heterocycles. The highest BCUT2D eigenvalue weighted by molar-refractivity contribution is 5.71. The maximum atomic E-state index is 11.1. The van der Waals surface area contributed by atoms with Crippen molar-refractivity contribution in [3.8, 4) is 0 Å². The molecule has 2 fully saturated rings. The largest absolute Gasteiger partial charge is 0.547 e. The van der Waals surface area contributed by atoms with E-state index in [1.807, 2.05) is 0 Å². The number of hydrogen-bond acceptors (Lipinski definition) is 11. The fraction of sp³-hybridized carbons (Fsp3) is 0.917. The van der Waals surface area contributed by atoms with Crippen molar-refractivity contribution in [1.29, 1.82) is 0 Å². The SMILES string of the molecule is C[C@@H]1O[C@@H](O[C@@H]2[C@H](O)[C@@H](O)[C@@H](O)O[C@@H]2C(=O)[O-])[C@H](O)[C@H](O)[C@H]1O. The van der Waals surface area contributed by atoms with E-state index >= 15 is 0 Å². The van der Waals surface area contributed by atoms with Gasteiger partial charge in [0.15, 0.2) is 12.6 Å². The zero-order valence-corrected chi connectivity index (χ0v) is 12.0. The third kappa shape index (κ3) is 3.47. The Morgan fingerprint density at radius 2 is 1.52 bits per heavy atom. The minimum atomic E-state index is -1.98. The van der Waals surface area contributed by atoms with E-state index in [2.05, 4.69) is 4.74 Å². The lowest BCUT2D eigenvalue weighted by atomic mass is 9.97. The van der Waals surface area contributed by atoms with Gasteiger partial charge in [0.1, 0.15) is 42.7 Å². The van der Waals surface area contributed by atoms with Crippen LogP contribution in [0.3, 0.4) is 0 Å². The molecule has 0 aromatic carbocycles. The van der Waals surface area contributed by atoms with Crippen LogP contribution < -0.4 is 5.11 Å². The van der Waals surface area contributed by atoms with Gasteiger partial charge in [-0.3, -0.25) is 0 Å². The van der Waals surface area contributed by atoms with Gasteiger partial charge >= 0.3 is 0 Å². The molecule has 11 nitrogen and oxygen atoms in total. The number of carbonyl (C=O) groups is 1. The van der Waals surface area contributed by atoms with E-state index in [0.29, 0.717) is 0 Å². The molecule has 134 valence electrons. The maximum Gasteiger partial charge on any atom is 0.187 e. The fourth-order valence-electron chi connectivity index (χ4n) is 2.47. The number of carboxylic acids is 1. The van der Waals surface area contributed by atoms with Crippen LogP contribution in [-0.2, 0) is 19.0 Å². The molecule has 0 amide bonds. The molecule has 10 atom stereocenters. The minimum absolute atomic E-state index is 0.961. The Labute approximate surface area is 130 Å². The van der Waals surface area contributed by atoms with Crippen LogP contribution in [0, 0.1) is 0 Å². The lowest BCUT2D eigenvalue weighted by Gasteiger charge is -2.45. The highest BCUT2D eigenvalue weighted by Crippen LogP contribution is 2.28. The Morgan fingerprint density at radius 1 is 0.913 bits per heavy atom. The maximum absolute atomic E-state index is 11.1. The summed E-state index contributed by atoms with van der Waals surface area (Å²) >= 11 is 0. The molecule has 11 heteroatoms. The second kappa shape index (κ2) is 6.93. The summed E-state index contributed by atoms with van der Waals surface area (Å²) in [6, 6.07) is 0. The molecular weight excluding hydrogens is 320 g/mol. The molecule has 6 N–H and O–H groups in total. The zero-order valence-electron chi connectivity index (χ0n) is 12.0. The highest BCUT2D eigenvalue weighted by atomic mass is 16.7. The number of rotatable bonds is 3. The van der Waals surface area contributed by atoms with Gasteiger partial charge in [-0.25, -0.2) is 0 Å². The molecule has 0 unspecified atom stereocenters. The predicted molar refractivity (Wildman–Crippen MR) is 65.1 cm³/mol. The van der Waals surface area contributed by atoms with Gasteiger partial charge in [0.2, 0.25) is 0 Å². The third-order valence-electron chi connectivity index (χ3n) is 3.90. The van der Waals surface area contributed by atoms with Gasteiger partial charge in [0.05, 0.1) is 12.1 Å². The summed E-state index contributed by atoms with van der Waals surface area (Å²) in [5.74, 6) is -1.83. The van der Waals surface area contributed by atoms with Gasteiger partial charge in [-0.1, -0.05) is 0 Å². The molecule has 23 heavy (non-hydrogen) atoms. The molecule has 2 aliphatic heterocycles. The first-order valence-corrected chi connectivity index (χ1v) is 6.90. The Kier molecular flexibility index (Phi) is 5.56. The van der Waals surface area contributed by atoms with Gasteiger partial charge in [0.25, 0.3) is 0 Å². The van der Waals surface area contributed by atoms with Gasteiger partial charge in [0, 0.05) is 0 Å². The van der Waals surface area contributed by atoms with Crippen molar-refractivity contribution in [2.75, 3.05) is 0 Å². The summed E-state index contributed by atoms with van der Waals surface area (Å²) in [4.78, 5) is 11.1. The molecule has 0 aromatic heterocycles. The Morgan fingerprint density at radius 3 is 2.09 bits per heavy atom. The van der Waals surface area contributed by atoms with Gasteiger partial charge in [-0.05, 0) is 6.92 Å². The fourth-order valence-corrected chi connectivity index (χ4v) is 2.47. The first kappa shape index (κ1) is 18.4. The molecule has 0 bridgehead atoms. The number of carboxylic acid groups (broad SMARTS) is 1. The average Bonchev–Trinajstić information content (AvgIpc) is 2.50. The van der Waals surface area contributed by atoms with Crippen molar-refractivity contribution in [2.24, 2.45) is 0 Å². The van der Waals surface area contributed by atoms with Crippen LogP contribution in [0.4, 0.5) is 0 Å². The van der Waals surface area contributed by atoms with Gasteiger partial charge < -0.3 is 54.8 Å².